The maximum Gasteiger partial charge on any atom is 0.256 e. The van der Waals surface area contributed by atoms with Gasteiger partial charge in [0.1, 0.15) is 11.9 Å². The van der Waals surface area contributed by atoms with Gasteiger partial charge in [0.25, 0.3) is 6.43 Å². The van der Waals surface area contributed by atoms with Gasteiger partial charge in [0.15, 0.2) is 0 Å². The van der Waals surface area contributed by atoms with Crippen LogP contribution in [0.5, 0.6) is 5.75 Å². The van der Waals surface area contributed by atoms with E-state index in [1.165, 1.54) is 0 Å². The fourth-order valence-electron chi connectivity index (χ4n) is 3.62. The number of piperidine rings is 1. The zero-order valence-electron chi connectivity index (χ0n) is 15.0. The van der Waals surface area contributed by atoms with E-state index in [0.717, 1.165) is 54.8 Å². The fourth-order valence-corrected chi connectivity index (χ4v) is 3.62. The normalized spacial score (nSPS) is 16.3. The van der Waals surface area contributed by atoms with Crippen LogP contribution in [0, 0.1) is 0 Å². The lowest BCUT2D eigenvalue weighted by Gasteiger charge is -2.32. The van der Waals surface area contributed by atoms with Crippen LogP contribution in [-0.2, 0) is 13.1 Å². The van der Waals surface area contributed by atoms with Gasteiger partial charge in [0.2, 0.25) is 0 Å². The highest BCUT2D eigenvalue weighted by Gasteiger charge is 2.22. The van der Waals surface area contributed by atoms with Crippen LogP contribution in [0.3, 0.4) is 0 Å². The van der Waals surface area contributed by atoms with Crippen molar-refractivity contribution < 1.29 is 13.5 Å². The average molecular weight is 372 g/mol. The number of halogens is 2. The highest BCUT2D eigenvalue weighted by molar-refractivity contribution is 5.86. The van der Waals surface area contributed by atoms with E-state index in [2.05, 4.69) is 15.1 Å². The first-order valence-electron chi connectivity index (χ1n) is 9.20. The minimum absolute atomic E-state index is 0.132. The standard InChI is InChI=1S/C20H22F2N4O/c21-20(22)14-26-12-8-17-18(26)4-1-5-19(17)27-16-6-10-25(11-7-16)13-15-3-2-9-23-24-15/h1-5,8-9,12,16,20H,6-7,10-11,13-14H2. The third kappa shape index (κ3) is 4.24. The Morgan fingerprint density at radius 3 is 2.70 bits per heavy atom. The predicted molar refractivity (Wildman–Crippen MR) is 98.9 cm³/mol. The molecule has 27 heavy (non-hydrogen) atoms. The third-order valence-electron chi connectivity index (χ3n) is 4.95. The van der Waals surface area contributed by atoms with E-state index in [-0.39, 0.29) is 12.6 Å². The molecule has 0 unspecified atom stereocenters. The van der Waals surface area contributed by atoms with Gasteiger partial charge in [-0.3, -0.25) is 4.90 Å². The Balaban J connectivity index is 1.38. The Kier molecular flexibility index (Phi) is 5.29. The number of rotatable bonds is 6. The van der Waals surface area contributed by atoms with Crippen LogP contribution in [-0.4, -0.2) is 45.3 Å². The van der Waals surface area contributed by atoms with Gasteiger partial charge in [-0.2, -0.15) is 10.2 Å². The zero-order chi connectivity index (χ0) is 18.6. The molecule has 1 fully saturated rings. The highest BCUT2D eigenvalue weighted by Crippen LogP contribution is 2.29. The van der Waals surface area contributed by atoms with Crippen molar-refractivity contribution in [2.75, 3.05) is 13.1 Å². The van der Waals surface area contributed by atoms with E-state index < -0.39 is 6.43 Å². The lowest BCUT2D eigenvalue weighted by Crippen LogP contribution is -2.38. The fraction of sp³-hybridized carbons (Fsp3) is 0.400. The van der Waals surface area contributed by atoms with Crippen molar-refractivity contribution in [1.29, 1.82) is 0 Å². The Labute approximate surface area is 156 Å². The molecule has 1 aromatic carbocycles. The molecular weight excluding hydrogens is 350 g/mol. The number of alkyl halides is 2. The molecular formula is C20H22F2N4O. The Morgan fingerprint density at radius 1 is 1.11 bits per heavy atom. The molecule has 3 heterocycles. The lowest BCUT2D eigenvalue weighted by atomic mass is 10.1. The molecule has 1 aliphatic rings. The van der Waals surface area contributed by atoms with Gasteiger partial charge in [-0.05, 0) is 43.2 Å². The molecule has 0 aliphatic carbocycles. The second kappa shape index (κ2) is 8.00. The largest absolute Gasteiger partial charge is 0.490 e. The van der Waals surface area contributed by atoms with Gasteiger partial charge in [0.05, 0.1) is 17.8 Å². The Hall–Kier alpha value is -2.54. The summed E-state index contributed by atoms with van der Waals surface area (Å²) in [5.74, 6) is 0.771. The summed E-state index contributed by atoms with van der Waals surface area (Å²) >= 11 is 0. The molecule has 2 aromatic heterocycles. The van der Waals surface area contributed by atoms with Crippen LogP contribution in [0.1, 0.15) is 18.5 Å². The first-order valence-corrected chi connectivity index (χ1v) is 9.20. The summed E-state index contributed by atoms with van der Waals surface area (Å²) in [5.41, 5.74) is 1.76. The molecule has 3 aromatic rings. The predicted octanol–water partition coefficient (Wildman–Crippen LogP) is 3.74. The Bertz CT molecular complexity index is 876. The van der Waals surface area contributed by atoms with Crippen LogP contribution in [0.4, 0.5) is 8.78 Å². The number of ether oxygens (including phenoxy) is 1. The summed E-state index contributed by atoms with van der Waals surface area (Å²) in [4.78, 5) is 2.35. The number of benzene rings is 1. The Morgan fingerprint density at radius 2 is 1.96 bits per heavy atom. The van der Waals surface area contributed by atoms with Gasteiger partial charge in [0, 0.05) is 37.4 Å². The second-order valence-corrected chi connectivity index (χ2v) is 6.86. The quantitative estimate of drug-likeness (QED) is 0.661. The first kappa shape index (κ1) is 17.9. The summed E-state index contributed by atoms with van der Waals surface area (Å²) < 4.78 is 33.3. The van der Waals surface area contributed by atoms with Gasteiger partial charge in [-0.15, -0.1) is 0 Å². The molecule has 0 atom stereocenters. The van der Waals surface area contributed by atoms with E-state index in [0.29, 0.717) is 0 Å². The van der Waals surface area contributed by atoms with Crippen molar-refractivity contribution in [2.45, 2.75) is 38.5 Å². The molecule has 1 aliphatic heterocycles. The van der Waals surface area contributed by atoms with Crippen molar-refractivity contribution in [3.8, 4) is 5.75 Å². The van der Waals surface area contributed by atoms with Crippen LogP contribution in [0.2, 0.25) is 0 Å². The van der Waals surface area contributed by atoms with Gasteiger partial charge in [-0.25, -0.2) is 8.78 Å². The van der Waals surface area contributed by atoms with Crippen LogP contribution < -0.4 is 4.74 Å². The van der Waals surface area contributed by atoms with Crippen molar-refractivity contribution in [3.05, 3.63) is 54.5 Å². The van der Waals surface area contributed by atoms with Gasteiger partial charge in [-0.1, -0.05) is 6.07 Å². The van der Waals surface area contributed by atoms with E-state index in [1.54, 1.807) is 17.0 Å². The minimum Gasteiger partial charge on any atom is -0.490 e. The summed E-state index contributed by atoms with van der Waals surface area (Å²) in [6.45, 7) is 2.37. The van der Waals surface area contributed by atoms with E-state index in [4.69, 9.17) is 4.74 Å². The molecule has 0 radical (unpaired) electrons. The van der Waals surface area contributed by atoms with Crippen LogP contribution in [0.15, 0.2) is 48.8 Å². The van der Waals surface area contributed by atoms with E-state index in [1.807, 2.05) is 36.4 Å². The van der Waals surface area contributed by atoms with Gasteiger partial charge >= 0.3 is 0 Å². The lowest BCUT2D eigenvalue weighted by molar-refractivity contribution is 0.0971. The molecule has 0 bridgehead atoms. The molecule has 0 amide bonds. The van der Waals surface area contributed by atoms with Gasteiger partial charge < -0.3 is 9.30 Å². The van der Waals surface area contributed by atoms with Crippen molar-refractivity contribution in [3.63, 3.8) is 0 Å². The molecule has 1 saturated heterocycles. The van der Waals surface area contributed by atoms with Crippen molar-refractivity contribution in [2.24, 2.45) is 0 Å². The summed E-state index contributed by atoms with van der Waals surface area (Å²) in [5, 5.41) is 8.95. The molecule has 0 N–H and O–H groups in total. The zero-order valence-corrected chi connectivity index (χ0v) is 15.0. The monoisotopic (exact) mass is 372 g/mol. The number of fused-ring (bicyclic) bond motifs is 1. The smallest absolute Gasteiger partial charge is 0.256 e. The molecule has 4 rings (SSSR count). The average Bonchev–Trinajstić information content (AvgIpc) is 3.08. The highest BCUT2D eigenvalue weighted by atomic mass is 19.3. The molecule has 0 saturated carbocycles. The number of aromatic nitrogens is 3. The van der Waals surface area contributed by atoms with E-state index >= 15 is 0 Å². The SMILES string of the molecule is FC(F)Cn1ccc2c(OC3CCN(Cc4cccnn4)CC3)cccc21. The molecule has 0 spiro atoms. The number of hydrogen-bond acceptors (Lipinski definition) is 4. The summed E-state index contributed by atoms with van der Waals surface area (Å²) in [6.07, 6.45) is 2.99. The minimum atomic E-state index is -2.37. The maximum atomic E-state index is 12.7. The maximum absolute atomic E-state index is 12.7. The van der Waals surface area contributed by atoms with Crippen molar-refractivity contribution >= 4 is 10.9 Å². The summed E-state index contributed by atoms with van der Waals surface area (Å²) in [6, 6.07) is 11.4. The molecule has 7 heteroatoms. The number of likely N-dealkylation sites (tertiary alicyclic amines) is 1. The summed E-state index contributed by atoms with van der Waals surface area (Å²) in [7, 11) is 0. The molecule has 5 nitrogen and oxygen atoms in total. The third-order valence-corrected chi connectivity index (χ3v) is 4.95. The molecule has 142 valence electrons. The first-order chi connectivity index (χ1) is 13.2. The second-order valence-electron chi connectivity index (χ2n) is 6.86. The number of nitrogens with zero attached hydrogens (tertiary/aromatic N) is 4. The van der Waals surface area contributed by atoms with Crippen molar-refractivity contribution in [1.82, 2.24) is 19.7 Å². The number of hydrogen-bond donors (Lipinski definition) is 0. The van der Waals surface area contributed by atoms with Crippen LogP contribution in [0.25, 0.3) is 10.9 Å². The van der Waals surface area contributed by atoms with Crippen LogP contribution >= 0.6 is 0 Å². The topological polar surface area (TPSA) is 43.2 Å². The van der Waals surface area contributed by atoms with E-state index in [9.17, 15) is 8.78 Å².